The van der Waals surface area contributed by atoms with Crippen LogP contribution in [0.3, 0.4) is 0 Å². The van der Waals surface area contributed by atoms with Gasteiger partial charge in [-0.25, -0.2) is 4.79 Å². The van der Waals surface area contributed by atoms with Gasteiger partial charge in [-0.1, -0.05) is 18.2 Å². The summed E-state index contributed by atoms with van der Waals surface area (Å²) in [5, 5.41) is 1.22. The fraction of sp³-hybridized carbons (Fsp3) is 0.0909. The molecule has 0 saturated heterocycles. The maximum Gasteiger partial charge on any atom is 0.258 e. The standard InChI is InChI=1S/C11H8N2O2/c1-13-6-10(12-7-14)8-4-2-3-5-9(8)11(13)15/h2-6H,1H3. The quantitative estimate of drug-likeness (QED) is 0.517. The molecular formula is C11H8N2O2. The van der Waals surface area contributed by atoms with Crippen LogP contribution in [0.15, 0.2) is 40.2 Å². The summed E-state index contributed by atoms with van der Waals surface area (Å²) in [4.78, 5) is 25.5. The third-order valence-electron chi connectivity index (χ3n) is 2.24. The number of nitrogens with zero attached hydrogens (tertiary/aromatic N) is 2. The first-order chi connectivity index (χ1) is 7.24. The normalized spacial score (nSPS) is 9.93. The van der Waals surface area contributed by atoms with Crippen molar-refractivity contribution in [3.8, 4) is 0 Å². The Bertz CT molecular complexity index is 622. The molecule has 2 rings (SSSR count). The van der Waals surface area contributed by atoms with Gasteiger partial charge in [0, 0.05) is 24.0 Å². The minimum atomic E-state index is -0.101. The molecule has 0 unspecified atom stereocenters. The minimum Gasteiger partial charge on any atom is -0.316 e. The first-order valence-corrected chi connectivity index (χ1v) is 4.40. The highest BCUT2D eigenvalue weighted by Crippen LogP contribution is 2.21. The summed E-state index contributed by atoms with van der Waals surface area (Å²) < 4.78 is 1.40. The molecule has 0 amide bonds. The van der Waals surface area contributed by atoms with E-state index in [0.29, 0.717) is 16.5 Å². The molecule has 15 heavy (non-hydrogen) atoms. The Morgan fingerprint density at radius 1 is 1.27 bits per heavy atom. The van der Waals surface area contributed by atoms with E-state index >= 15 is 0 Å². The van der Waals surface area contributed by atoms with Gasteiger partial charge in [0.2, 0.25) is 6.08 Å². The van der Waals surface area contributed by atoms with Crippen molar-refractivity contribution in [2.75, 3.05) is 0 Å². The van der Waals surface area contributed by atoms with E-state index in [2.05, 4.69) is 4.99 Å². The molecule has 0 atom stereocenters. The zero-order valence-corrected chi connectivity index (χ0v) is 8.10. The lowest BCUT2D eigenvalue weighted by Gasteiger charge is -2.03. The van der Waals surface area contributed by atoms with Crippen LogP contribution in [0.4, 0.5) is 5.69 Å². The van der Waals surface area contributed by atoms with Crippen LogP contribution in [0.1, 0.15) is 0 Å². The first-order valence-electron chi connectivity index (χ1n) is 4.40. The molecule has 0 aliphatic carbocycles. The third-order valence-corrected chi connectivity index (χ3v) is 2.24. The molecule has 0 saturated carbocycles. The topological polar surface area (TPSA) is 51.4 Å². The van der Waals surface area contributed by atoms with Gasteiger partial charge in [-0.15, -0.1) is 0 Å². The molecule has 0 bridgehead atoms. The molecule has 1 aromatic carbocycles. The lowest BCUT2D eigenvalue weighted by Crippen LogP contribution is -2.15. The van der Waals surface area contributed by atoms with Gasteiger partial charge in [0.25, 0.3) is 5.56 Å². The molecule has 0 fully saturated rings. The smallest absolute Gasteiger partial charge is 0.258 e. The number of rotatable bonds is 1. The van der Waals surface area contributed by atoms with Crippen LogP contribution in [-0.4, -0.2) is 10.6 Å². The van der Waals surface area contributed by atoms with Crippen LogP contribution in [0, 0.1) is 0 Å². The molecule has 1 aromatic heterocycles. The minimum absolute atomic E-state index is 0.101. The van der Waals surface area contributed by atoms with Gasteiger partial charge in [-0.05, 0) is 6.07 Å². The van der Waals surface area contributed by atoms with Crippen molar-refractivity contribution < 1.29 is 4.79 Å². The average molecular weight is 200 g/mol. The summed E-state index contributed by atoms with van der Waals surface area (Å²) in [6.45, 7) is 0. The summed E-state index contributed by atoms with van der Waals surface area (Å²) in [6.07, 6.45) is 3.01. The van der Waals surface area contributed by atoms with Crippen LogP contribution >= 0.6 is 0 Å². The van der Waals surface area contributed by atoms with Crippen molar-refractivity contribution in [1.82, 2.24) is 4.57 Å². The molecule has 2 aromatic rings. The summed E-state index contributed by atoms with van der Waals surface area (Å²) in [5.41, 5.74) is 0.359. The zero-order chi connectivity index (χ0) is 10.8. The second-order valence-electron chi connectivity index (χ2n) is 3.18. The Hall–Kier alpha value is -2.19. The first kappa shape index (κ1) is 9.37. The number of aryl methyl sites for hydroxylation is 1. The van der Waals surface area contributed by atoms with Gasteiger partial charge in [-0.3, -0.25) is 4.79 Å². The molecule has 0 spiro atoms. The highest BCUT2D eigenvalue weighted by Gasteiger charge is 2.04. The van der Waals surface area contributed by atoms with Crippen LogP contribution in [0.5, 0.6) is 0 Å². The van der Waals surface area contributed by atoms with Crippen LogP contribution in [0.2, 0.25) is 0 Å². The van der Waals surface area contributed by atoms with Crippen LogP contribution < -0.4 is 5.56 Å². The Morgan fingerprint density at radius 3 is 2.60 bits per heavy atom. The number of benzene rings is 1. The van der Waals surface area contributed by atoms with Crippen LogP contribution in [0.25, 0.3) is 10.8 Å². The van der Waals surface area contributed by atoms with E-state index in [-0.39, 0.29) is 5.56 Å². The fourth-order valence-corrected chi connectivity index (χ4v) is 1.53. The maximum absolute atomic E-state index is 11.7. The lowest BCUT2D eigenvalue weighted by atomic mass is 10.1. The predicted octanol–water partition coefficient (Wildman–Crippen LogP) is 1.51. The van der Waals surface area contributed by atoms with E-state index < -0.39 is 0 Å². The van der Waals surface area contributed by atoms with Gasteiger partial charge in [0.1, 0.15) is 5.69 Å². The fourth-order valence-electron chi connectivity index (χ4n) is 1.53. The number of isocyanates is 1. The highest BCUT2D eigenvalue weighted by atomic mass is 16.1. The summed E-state index contributed by atoms with van der Waals surface area (Å²) in [6, 6.07) is 7.04. The van der Waals surface area contributed by atoms with Gasteiger partial charge in [-0.2, -0.15) is 4.99 Å². The number of aliphatic imine (C=N–C) groups is 1. The van der Waals surface area contributed by atoms with E-state index in [9.17, 15) is 9.59 Å². The van der Waals surface area contributed by atoms with E-state index in [1.807, 2.05) is 0 Å². The summed E-state index contributed by atoms with van der Waals surface area (Å²) >= 11 is 0. The van der Waals surface area contributed by atoms with Crippen molar-refractivity contribution in [3.05, 3.63) is 40.8 Å². The number of hydrogen-bond donors (Lipinski definition) is 0. The van der Waals surface area contributed by atoms with E-state index in [1.54, 1.807) is 31.3 Å². The summed E-state index contributed by atoms with van der Waals surface area (Å²) in [5.74, 6) is 0. The second kappa shape index (κ2) is 3.52. The van der Waals surface area contributed by atoms with Crippen molar-refractivity contribution >= 4 is 22.5 Å². The number of fused-ring (bicyclic) bond motifs is 1. The maximum atomic E-state index is 11.7. The Morgan fingerprint density at radius 2 is 1.93 bits per heavy atom. The number of aromatic nitrogens is 1. The molecule has 0 radical (unpaired) electrons. The Labute approximate surface area is 85.5 Å². The summed E-state index contributed by atoms with van der Waals surface area (Å²) in [7, 11) is 1.62. The Kier molecular flexibility index (Phi) is 2.20. The van der Waals surface area contributed by atoms with E-state index in [1.165, 1.54) is 16.8 Å². The molecule has 4 heteroatoms. The van der Waals surface area contributed by atoms with Crippen LogP contribution in [-0.2, 0) is 11.8 Å². The lowest BCUT2D eigenvalue weighted by molar-refractivity contribution is 0.565. The van der Waals surface area contributed by atoms with Crippen molar-refractivity contribution in [3.63, 3.8) is 0 Å². The number of carbonyl (C=O) groups excluding carboxylic acids is 1. The zero-order valence-electron chi connectivity index (χ0n) is 8.10. The molecule has 1 heterocycles. The molecule has 0 N–H and O–H groups in total. The molecule has 0 aliphatic heterocycles. The number of hydrogen-bond acceptors (Lipinski definition) is 3. The largest absolute Gasteiger partial charge is 0.316 e. The third kappa shape index (κ3) is 1.47. The van der Waals surface area contributed by atoms with E-state index in [4.69, 9.17) is 0 Å². The highest BCUT2D eigenvalue weighted by molar-refractivity contribution is 5.92. The van der Waals surface area contributed by atoms with E-state index in [0.717, 1.165) is 0 Å². The molecular weight excluding hydrogens is 192 g/mol. The molecule has 4 nitrogen and oxygen atoms in total. The monoisotopic (exact) mass is 200 g/mol. The van der Waals surface area contributed by atoms with Gasteiger partial charge < -0.3 is 4.57 Å². The Balaban J connectivity index is 3.00. The predicted molar refractivity (Wildman–Crippen MR) is 57.0 cm³/mol. The van der Waals surface area contributed by atoms with Crippen molar-refractivity contribution in [1.29, 1.82) is 0 Å². The second-order valence-corrected chi connectivity index (χ2v) is 3.18. The molecule has 0 aliphatic rings. The average Bonchev–Trinajstić information content (AvgIpc) is 2.26. The van der Waals surface area contributed by atoms with Gasteiger partial charge in [0.05, 0.1) is 0 Å². The SMILES string of the molecule is Cn1cc(N=C=O)c2ccccc2c1=O. The van der Waals surface area contributed by atoms with Gasteiger partial charge >= 0.3 is 0 Å². The van der Waals surface area contributed by atoms with Crippen molar-refractivity contribution in [2.45, 2.75) is 0 Å². The van der Waals surface area contributed by atoms with Gasteiger partial charge in [0.15, 0.2) is 0 Å². The molecule has 74 valence electrons. The van der Waals surface area contributed by atoms with Crippen molar-refractivity contribution in [2.24, 2.45) is 12.0 Å². The number of pyridine rings is 1.